The number of likely N-dealkylation sites (N-methyl/N-ethyl adjacent to an activating group) is 1. The Balaban J connectivity index is 1.76. The number of rotatable bonds is 5. The molecule has 0 saturated carbocycles. The molecule has 0 N–H and O–H groups in total. The van der Waals surface area contributed by atoms with Gasteiger partial charge in [0.1, 0.15) is 0 Å². The van der Waals surface area contributed by atoms with E-state index in [1.54, 1.807) is 16.2 Å². The van der Waals surface area contributed by atoms with E-state index >= 15 is 0 Å². The van der Waals surface area contributed by atoms with Gasteiger partial charge in [0.15, 0.2) is 0 Å². The van der Waals surface area contributed by atoms with E-state index in [4.69, 9.17) is 11.6 Å². The van der Waals surface area contributed by atoms with Gasteiger partial charge in [-0.25, -0.2) is 4.98 Å². The first-order chi connectivity index (χ1) is 12.4. The van der Waals surface area contributed by atoms with Gasteiger partial charge in [-0.3, -0.25) is 4.79 Å². The van der Waals surface area contributed by atoms with Crippen LogP contribution in [-0.2, 0) is 17.8 Å². The lowest BCUT2D eigenvalue weighted by atomic mass is 10.1. The van der Waals surface area contributed by atoms with Crippen molar-refractivity contribution in [2.45, 2.75) is 26.8 Å². The predicted molar refractivity (Wildman–Crippen MR) is 109 cm³/mol. The Morgan fingerprint density at radius 2 is 1.88 bits per heavy atom. The van der Waals surface area contributed by atoms with E-state index in [-0.39, 0.29) is 5.91 Å². The Bertz CT molecular complexity index is 918. The molecule has 0 atom stereocenters. The second-order valence-corrected chi connectivity index (χ2v) is 8.15. The Hall–Kier alpha value is -2.17. The fourth-order valence-electron chi connectivity index (χ4n) is 2.80. The molecule has 0 radical (unpaired) electrons. The van der Waals surface area contributed by atoms with Crippen LogP contribution < -0.4 is 0 Å². The van der Waals surface area contributed by atoms with Gasteiger partial charge in [0.05, 0.1) is 17.1 Å². The fraction of sp³-hybridized carbons (Fsp3) is 0.238. The highest BCUT2D eigenvalue weighted by Crippen LogP contribution is 2.29. The molecule has 3 rings (SSSR count). The number of hydrogen-bond acceptors (Lipinski definition) is 3. The molecule has 0 aliphatic carbocycles. The molecular formula is C21H21ClN2OS. The fourth-order valence-corrected chi connectivity index (χ4v) is 3.96. The minimum absolute atomic E-state index is 0.0713. The minimum atomic E-state index is 0.0713. The zero-order chi connectivity index (χ0) is 18.7. The minimum Gasteiger partial charge on any atom is -0.341 e. The number of amides is 1. The van der Waals surface area contributed by atoms with Crippen molar-refractivity contribution in [1.29, 1.82) is 0 Å². The van der Waals surface area contributed by atoms with Crippen molar-refractivity contribution < 1.29 is 4.79 Å². The van der Waals surface area contributed by atoms with Crippen molar-refractivity contribution in [2.24, 2.45) is 0 Å². The van der Waals surface area contributed by atoms with Crippen LogP contribution >= 0.6 is 22.9 Å². The standard InChI is InChI=1S/C21H21ClN2OS/c1-14-7-9-17(10-8-14)21-19(26-15(2)23-21)12-20(25)24(3)13-16-5-4-6-18(22)11-16/h4-11H,12-13H2,1-3H3. The highest BCUT2D eigenvalue weighted by Gasteiger charge is 2.17. The first-order valence-corrected chi connectivity index (χ1v) is 9.63. The average Bonchev–Trinajstić information content (AvgIpc) is 2.96. The summed E-state index contributed by atoms with van der Waals surface area (Å²) in [5, 5.41) is 1.66. The van der Waals surface area contributed by atoms with Crippen LogP contribution in [-0.4, -0.2) is 22.8 Å². The monoisotopic (exact) mass is 384 g/mol. The predicted octanol–water partition coefficient (Wildman–Crippen LogP) is 5.28. The van der Waals surface area contributed by atoms with Crippen LogP contribution in [0, 0.1) is 13.8 Å². The van der Waals surface area contributed by atoms with Crippen molar-refractivity contribution in [2.75, 3.05) is 7.05 Å². The molecule has 134 valence electrons. The zero-order valence-corrected chi connectivity index (χ0v) is 16.7. The molecule has 5 heteroatoms. The van der Waals surface area contributed by atoms with Gasteiger partial charge >= 0.3 is 0 Å². The number of aryl methyl sites for hydroxylation is 2. The zero-order valence-electron chi connectivity index (χ0n) is 15.1. The van der Waals surface area contributed by atoms with Gasteiger partial charge in [0.25, 0.3) is 0 Å². The summed E-state index contributed by atoms with van der Waals surface area (Å²) in [4.78, 5) is 20.1. The molecule has 3 nitrogen and oxygen atoms in total. The molecule has 0 unspecified atom stereocenters. The SMILES string of the molecule is Cc1ccc(-c2nc(C)sc2CC(=O)N(C)Cc2cccc(Cl)c2)cc1. The lowest BCUT2D eigenvalue weighted by Gasteiger charge is -2.17. The van der Waals surface area contributed by atoms with Gasteiger partial charge in [-0.1, -0.05) is 53.6 Å². The summed E-state index contributed by atoms with van der Waals surface area (Å²) in [6.07, 6.45) is 0.353. The molecule has 0 fully saturated rings. The van der Waals surface area contributed by atoms with E-state index in [2.05, 4.69) is 36.2 Å². The summed E-state index contributed by atoms with van der Waals surface area (Å²) < 4.78 is 0. The smallest absolute Gasteiger partial charge is 0.227 e. The van der Waals surface area contributed by atoms with Crippen LogP contribution in [0.25, 0.3) is 11.3 Å². The molecule has 0 bridgehead atoms. The van der Waals surface area contributed by atoms with Crippen LogP contribution in [0.5, 0.6) is 0 Å². The second-order valence-electron chi connectivity index (χ2n) is 6.43. The Kier molecular flexibility index (Phi) is 5.74. The summed E-state index contributed by atoms with van der Waals surface area (Å²) in [6, 6.07) is 15.9. The van der Waals surface area contributed by atoms with Gasteiger partial charge in [0.2, 0.25) is 5.91 Å². The summed E-state index contributed by atoms with van der Waals surface area (Å²) in [7, 11) is 1.82. The van der Waals surface area contributed by atoms with Gasteiger partial charge in [-0.15, -0.1) is 11.3 Å². The van der Waals surface area contributed by atoms with E-state index in [0.717, 1.165) is 26.7 Å². The van der Waals surface area contributed by atoms with Crippen molar-refractivity contribution in [3.8, 4) is 11.3 Å². The van der Waals surface area contributed by atoms with E-state index in [1.165, 1.54) is 5.56 Å². The maximum absolute atomic E-state index is 12.7. The maximum atomic E-state index is 12.7. The Labute approximate surface area is 163 Å². The molecule has 2 aromatic carbocycles. The molecular weight excluding hydrogens is 364 g/mol. The van der Waals surface area contributed by atoms with Crippen LogP contribution in [0.1, 0.15) is 21.0 Å². The lowest BCUT2D eigenvalue weighted by molar-refractivity contribution is -0.129. The third-order valence-electron chi connectivity index (χ3n) is 4.18. The maximum Gasteiger partial charge on any atom is 0.227 e. The molecule has 0 aliphatic rings. The number of thiazole rings is 1. The average molecular weight is 385 g/mol. The van der Waals surface area contributed by atoms with Crippen molar-refractivity contribution in [3.63, 3.8) is 0 Å². The van der Waals surface area contributed by atoms with Gasteiger partial charge in [0, 0.05) is 29.1 Å². The molecule has 26 heavy (non-hydrogen) atoms. The van der Waals surface area contributed by atoms with Crippen LogP contribution in [0.3, 0.4) is 0 Å². The largest absolute Gasteiger partial charge is 0.341 e. The summed E-state index contributed by atoms with van der Waals surface area (Å²) >= 11 is 7.62. The normalized spacial score (nSPS) is 10.8. The van der Waals surface area contributed by atoms with Gasteiger partial charge in [-0.2, -0.15) is 0 Å². The van der Waals surface area contributed by atoms with Crippen molar-refractivity contribution in [3.05, 3.63) is 74.6 Å². The number of aromatic nitrogens is 1. The number of halogens is 1. The number of nitrogens with zero attached hydrogens (tertiary/aromatic N) is 2. The highest BCUT2D eigenvalue weighted by molar-refractivity contribution is 7.12. The molecule has 3 aromatic rings. The first-order valence-electron chi connectivity index (χ1n) is 8.44. The van der Waals surface area contributed by atoms with E-state index in [0.29, 0.717) is 18.0 Å². The summed E-state index contributed by atoms with van der Waals surface area (Å²) in [5.74, 6) is 0.0713. The summed E-state index contributed by atoms with van der Waals surface area (Å²) in [5.41, 5.74) is 4.20. The highest BCUT2D eigenvalue weighted by atomic mass is 35.5. The molecule has 0 saturated heterocycles. The van der Waals surface area contributed by atoms with E-state index < -0.39 is 0 Å². The number of carbonyl (C=O) groups excluding carboxylic acids is 1. The molecule has 1 aromatic heterocycles. The number of hydrogen-bond donors (Lipinski definition) is 0. The summed E-state index contributed by atoms with van der Waals surface area (Å²) in [6.45, 7) is 4.58. The third kappa shape index (κ3) is 4.51. The van der Waals surface area contributed by atoms with E-state index in [9.17, 15) is 4.79 Å². The molecule has 1 amide bonds. The first kappa shape index (κ1) is 18.6. The molecule has 0 spiro atoms. The second kappa shape index (κ2) is 8.02. The van der Waals surface area contributed by atoms with Crippen LogP contribution in [0.4, 0.5) is 0 Å². The third-order valence-corrected chi connectivity index (χ3v) is 5.38. The number of carbonyl (C=O) groups is 1. The van der Waals surface area contributed by atoms with Gasteiger partial charge in [-0.05, 0) is 31.5 Å². The molecule has 1 heterocycles. The van der Waals surface area contributed by atoms with Gasteiger partial charge < -0.3 is 4.90 Å². The van der Waals surface area contributed by atoms with Crippen LogP contribution in [0.2, 0.25) is 5.02 Å². The lowest BCUT2D eigenvalue weighted by Crippen LogP contribution is -2.27. The van der Waals surface area contributed by atoms with E-state index in [1.807, 2.05) is 38.2 Å². The quantitative estimate of drug-likeness (QED) is 0.599. The molecule has 0 aliphatic heterocycles. The topological polar surface area (TPSA) is 33.2 Å². The van der Waals surface area contributed by atoms with Crippen LogP contribution in [0.15, 0.2) is 48.5 Å². The number of benzene rings is 2. The Morgan fingerprint density at radius 3 is 2.58 bits per heavy atom. The van der Waals surface area contributed by atoms with Crippen molar-refractivity contribution >= 4 is 28.8 Å². The Morgan fingerprint density at radius 1 is 1.15 bits per heavy atom. The van der Waals surface area contributed by atoms with Crippen molar-refractivity contribution in [1.82, 2.24) is 9.88 Å².